The molecule has 1 aromatic rings. The number of nitrogens with one attached hydrogen (secondary N) is 3. The fraction of sp³-hybridized carbons (Fsp3) is 0.357. The summed E-state index contributed by atoms with van der Waals surface area (Å²) in [6, 6.07) is 3.84. The average molecular weight is 322 g/mol. The summed E-state index contributed by atoms with van der Waals surface area (Å²) in [5, 5.41) is 12.3. The molecular formula is C14H22N6O3. The van der Waals surface area contributed by atoms with Gasteiger partial charge in [0.05, 0.1) is 18.7 Å². The van der Waals surface area contributed by atoms with E-state index >= 15 is 0 Å². The Morgan fingerprint density at radius 1 is 1.35 bits per heavy atom. The molecule has 0 fully saturated rings. The molecule has 23 heavy (non-hydrogen) atoms. The third-order valence-corrected chi connectivity index (χ3v) is 3.08. The molecule has 9 N–H and O–H groups in total. The number of hydrogen-bond acceptors (Lipinski definition) is 5. The van der Waals surface area contributed by atoms with Crippen LogP contribution >= 0.6 is 0 Å². The monoisotopic (exact) mass is 322 g/mol. The first-order valence-electron chi connectivity index (χ1n) is 6.97. The van der Waals surface area contributed by atoms with Crippen molar-refractivity contribution in [3.63, 3.8) is 0 Å². The van der Waals surface area contributed by atoms with E-state index < -0.39 is 11.9 Å². The molecule has 1 aromatic carbocycles. The Morgan fingerprint density at radius 3 is 2.61 bits per heavy atom. The number of methoxy groups -OCH3 is 1. The van der Waals surface area contributed by atoms with Gasteiger partial charge in [-0.25, -0.2) is 0 Å². The quantitative estimate of drug-likeness (QED) is 0.210. The Morgan fingerprint density at radius 2 is 2.04 bits per heavy atom. The summed E-state index contributed by atoms with van der Waals surface area (Å²) in [5.74, 6) is -0.832. The number of guanidine groups is 1. The normalized spacial score (nSPS) is 11.4. The van der Waals surface area contributed by atoms with Crippen LogP contribution in [0.3, 0.4) is 0 Å². The van der Waals surface area contributed by atoms with E-state index in [0.29, 0.717) is 30.8 Å². The molecule has 0 aromatic heterocycles. The predicted octanol–water partition coefficient (Wildman–Crippen LogP) is -0.677. The number of primary amides is 1. The zero-order valence-corrected chi connectivity index (χ0v) is 12.9. The number of anilines is 1. The summed E-state index contributed by atoms with van der Waals surface area (Å²) < 4.78 is 5.03. The molecule has 9 heteroatoms. The molecule has 0 bridgehead atoms. The highest BCUT2D eigenvalue weighted by molar-refractivity contribution is 5.99. The second kappa shape index (κ2) is 8.59. The molecule has 0 saturated carbocycles. The zero-order valence-electron chi connectivity index (χ0n) is 12.9. The molecule has 1 rings (SSSR count). The Labute approximate surface area is 134 Å². The van der Waals surface area contributed by atoms with Gasteiger partial charge >= 0.3 is 0 Å². The molecule has 126 valence electrons. The van der Waals surface area contributed by atoms with Gasteiger partial charge in [-0.3, -0.25) is 15.0 Å². The van der Waals surface area contributed by atoms with Crippen molar-refractivity contribution < 1.29 is 14.3 Å². The fourth-order valence-electron chi connectivity index (χ4n) is 1.89. The van der Waals surface area contributed by atoms with Gasteiger partial charge < -0.3 is 32.6 Å². The van der Waals surface area contributed by atoms with Crippen molar-refractivity contribution in [3.05, 3.63) is 23.8 Å². The summed E-state index contributed by atoms with van der Waals surface area (Å²) in [6.45, 7) is 0.463. The minimum atomic E-state index is -0.720. The van der Waals surface area contributed by atoms with Crippen molar-refractivity contribution in [2.24, 2.45) is 17.2 Å². The third-order valence-electron chi connectivity index (χ3n) is 3.08. The van der Waals surface area contributed by atoms with Crippen LogP contribution in [0.1, 0.15) is 23.2 Å². The largest absolute Gasteiger partial charge is 0.496 e. The first-order valence-corrected chi connectivity index (χ1v) is 6.97. The molecule has 0 aliphatic heterocycles. The number of rotatable bonds is 8. The van der Waals surface area contributed by atoms with Crippen LogP contribution in [0.2, 0.25) is 0 Å². The topological polar surface area (TPSA) is 169 Å². The number of nitrogens with two attached hydrogens (primary N) is 3. The van der Waals surface area contributed by atoms with Crippen LogP contribution in [-0.4, -0.2) is 37.5 Å². The maximum atomic E-state index is 12.0. The molecule has 0 spiro atoms. The summed E-state index contributed by atoms with van der Waals surface area (Å²) >= 11 is 0. The molecular weight excluding hydrogens is 300 g/mol. The van der Waals surface area contributed by atoms with Gasteiger partial charge in [-0.2, -0.15) is 0 Å². The minimum absolute atomic E-state index is 0.125. The van der Waals surface area contributed by atoms with Gasteiger partial charge in [0.15, 0.2) is 5.96 Å². The molecule has 0 aliphatic carbocycles. The number of amides is 2. The van der Waals surface area contributed by atoms with Crippen LogP contribution in [0.15, 0.2) is 18.2 Å². The minimum Gasteiger partial charge on any atom is -0.496 e. The van der Waals surface area contributed by atoms with E-state index in [1.807, 2.05) is 0 Å². The number of hydrogen-bond donors (Lipinski definition) is 6. The van der Waals surface area contributed by atoms with Crippen LogP contribution in [0.25, 0.3) is 0 Å². The smallest absolute Gasteiger partial charge is 0.252 e. The van der Waals surface area contributed by atoms with E-state index in [1.54, 1.807) is 6.07 Å². The third kappa shape index (κ3) is 5.83. The van der Waals surface area contributed by atoms with Crippen LogP contribution in [0, 0.1) is 5.41 Å². The van der Waals surface area contributed by atoms with E-state index in [9.17, 15) is 9.59 Å². The standard InChI is InChI=1S/C14H22N6O3/c1-23-11-5-4-8(7-9(11)12(16)21)20-13(22)10(15)3-2-6-19-14(17)18/h4-5,7,10H,2-3,6,15H2,1H3,(H2,16,21)(H,20,22)(H4,17,18,19)/t10-/m1/s1. The van der Waals surface area contributed by atoms with Gasteiger partial charge in [-0.05, 0) is 31.0 Å². The predicted molar refractivity (Wildman–Crippen MR) is 87.3 cm³/mol. The maximum absolute atomic E-state index is 12.0. The summed E-state index contributed by atoms with van der Waals surface area (Å²) in [7, 11) is 1.42. The van der Waals surface area contributed by atoms with Gasteiger partial charge in [0.25, 0.3) is 5.91 Å². The molecule has 0 heterocycles. The lowest BCUT2D eigenvalue weighted by atomic mass is 10.1. The maximum Gasteiger partial charge on any atom is 0.252 e. The van der Waals surface area contributed by atoms with Crippen LogP contribution < -0.4 is 32.6 Å². The fourth-order valence-corrected chi connectivity index (χ4v) is 1.89. The Bertz CT molecular complexity index is 590. The molecule has 0 saturated heterocycles. The molecule has 0 radical (unpaired) electrons. The Kier molecular flexibility index (Phi) is 6.81. The van der Waals surface area contributed by atoms with Gasteiger partial charge in [-0.1, -0.05) is 0 Å². The lowest BCUT2D eigenvalue weighted by molar-refractivity contribution is -0.117. The highest BCUT2D eigenvalue weighted by Gasteiger charge is 2.15. The summed E-state index contributed by atoms with van der Waals surface area (Å²) in [4.78, 5) is 23.4. The second-order valence-electron chi connectivity index (χ2n) is 4.86. The first-order chi connectivity index (χ1) is 10.8. The Hall–Kier alpha value is -2.81. The van der Waals surface area contributed by atoms with Gasteiger partial charge in [-0.15, -0.1) is 0 Å². The van der Waals surface area contributed by atoms with Gasteiger partial charge in [0.2, 0.25) is 5.91 Å². The second-order valence-corrected chi connectivity index (χ2v) is 4.86. The SMILES string of the molecule is COc1ccc(NC(=O)[C@H](N)CCCNC(=N)N)cc1C(N)=O. The van der Waals surface area contributed by atoms with E-state index in [-0.39, 0.29) is 17.4 Å². The van der Waals surface area contributed by atoms with Gasteiger partial charge in [0.1, 0.15) is 5.75 Å². The van der Waals surface area contributed by atoms with Crippen molar-refractivity contribution in [2.45, 2.75) is 18.9 Å². The van der Waals surface area contributed by atoms with Gasteiger partial charge in [0, 0.05) is 12.2 Å². The van der Waals surface area contributed by atoms with E-state index in [2.05, 4.69) is 10.6 Å². The molecule has 2 amide bonds. The molecule has 1 atom stereocenters. The van der Waals surface area contributed by atoms with E-state index in [0.717, 1.165) is 0 Å². The van der Waals surface area contributed by atoms with E-state index in [1.165, 1.54) is 19.2 Å². The summed E-state index contributed by atoms with van der Waals surface area (Å²) in [6.07, 6.45) is 1.01. The lowest BCUT2D eigenvalue weighted by Gasteiger charge is -2.14. The first kappa shape index (κ1) is 18.2. The van der Waals surface area contributed by atoms with Crippen LogP contribution in [-0.2, 0) is 4.79 Å². The molecule has 9 nitrogen and oxygen atoms in total. The molecule has 0 aliphatic rings. The van der Waals surface area contributed by atoms with E-state index in [4.69, 9.17) is 27.3 Å². The molecule has 0 unspecified atom stereocenters. The number of ether oxygens (including phenoxy) is 1. The number of carbonyl (C=O) groups is 2. The zero-order chi connectivity index (χ0) is 17.4. The average Bonchev–Trinajstić information content (AvgIpc) is 2.50. The van der Waals surface area contributed by atoms with Crippen molar-refractivity contribution in [1.29, 1.82) is 5.41 Å². The van der Waals surface area contributed by atoms with Crippen molar-refractivity contribution in [1.82, 2.24) is 5.32 Å². The highest BCUT2D eigenvalue weighted by atomic mass is 16.5. The van der Waals surface area contributed by atoms with Crippen molar-refractivity contribution in [2.75, 3.05) is 19.0 Å². The lowest BCUT2D eigenvalue weighted by Crippen LogP contribution is -2.37. The Balaban J connectivity index is 2.61. The van der Waals surface area contributed by atoms with Crippen molar-refractivity contribution in [3.8, 4) is 5.75 Å². The number of benzene rings is 1. The highest BCUT2D eigenvalue weighted by Crippen LogP contribution is 2.22. The van der Waals surface area contributed by atoms with Crippen LogP contribution in [0.4, 0.5) is 5.69 Å². The van der Waals surface area contributed by atoms with Crippen LogP contribution in [0.5, 0.6) is 5.75 Å². The number of carbonyl (C=O) groups excluding carboxylic acids is 2. The van der Waals surface area contributed by atoms with Crippen molar-refractivity contribution >= 4 is 23.5 Å². The summed E-state index contributed by atoms with van der Waals surface area (Å²) in [5.41, 5.74) is 16.8.